The molecule has 1 aromatic carbocycles. The maximum atomic E-state index is 11.2. The van der Waals surface area contributed by atoms with Crippen molar-refractivity contribution in [2.45, 2.75) is 51.9 Å². The Labute approximate surface area is 116 Å². The maximum Gasteiger partial charge on any atom is 0.331 e. The summed E-state index contributed by atoms with van der Waals surface area (Å²) >= 11 is 0. The summed E-state index contributed by atoms with van der Waals surface area (Å²) < 4.78 is 0. The summed E-state index contributed by atoms with van der Waals surface area (Å²) in [5.41, 5.74) is 1.57. The second-order valence-electron chi connectivity index (χ2n) is 4.90. The van der Waals surface area contributed by atoms with Crippen LogP contribution in [0.5, 0.6) is 0 Å². The van der Waals surface area contributed by atoms with Crippen LogP contribution in [0, 0.1) is 0 Å². The molecule has 0 saturated heterocycles. The summed E-state index contributed by atoms with van der Waals surface area (Å²) in [7, 11) is 0. The van der Waals surface area contributed by atoms with E-state index in [2.05, 4.69) is 6.92 Å². The van der Waals surface area contributed by atoms with E-state index in [-0.39, 0.29) is 0 Å². The van der Waals surface area contributed by atoms with Crippen LogP contribution in [-0.4, -0.2) is 11.1 Å². The molecule has 0 radical (unpaired) electrons. The smallest absolute Gasteiger partial charge is 0.331 e. The van der Waals surface area contributed by atoms with Crippen LogP contribution in [0.15, 0.2) is 42.0 Å². The van der Waals surface area contributed by atoms with Crippen LogP contribution in [0.2, 0.25) is 0 Å². The first-order valence-corrected chi connectivity index (χ1v) is 7.20. The van der Waals surface area contributed by atoms with Crippen molar-refractivity contribution in [2.24, 2.45) is 0 Å². The molecule has 2 heteroatoms. The molecular formula is C17H24O2. The maximum absolute atomic E-state index is 11.2. The van der Waals surface area contributed by atoms with Gasteiger partial charge in [0.25, 0.3) is 0 Å². The Morgan fingerprint density at radius 3 is 2.42 bits per heavy atom. The van der Waals surface area contributed by atoms with Gasteiger partial charge >= 0.3 is 5.97 Å². The monoisotopic (exact) mass is 260 g/mol. The molecule has 0 aliphatic heterocycles. The van der Waals surface area contributed by atoms with E-state index in [1.807, 2.05) is 36.4 Å². The highest BCUT2D eigenvalue weighted by Crippen LogP contribution is 2.11. The van der Waals surface area contributed by atoms with Gasteiger partial charge in [0.2, 0.25) is 0 Å². The van der Waals surface area contributed by atoms with Gasteiger partial charge in [0.15, 0.2) is 0 Å². The van der Waals surface area contributed by atoms with Crippen LogP contribution >= 0.6 is 0 Å². The Kier molecular flexibility index (Phi) is 7.64. The zero-order valence-electron chi connectivity index (χ0n) is 11.8. The summed E-state index contributed by atoms with van der Waals surface area (Å²) in [6.07, 6.45) is 9.34. The fourth-order valence-electron chi connectivity index (χ4n) is 2.08. The minimum Gasteiger partial charge on any atom is -0.478 e. The average Bonchev–Trinajstić information content (AvgIpc) is 2.42. The molecule has 0 aliphatic rings. The van der Waals surface area contributed by atoms with Crippen molar-refractivity contribution in [2.75, 3.05) is 0 Å². The van der Waals surface area contributed by atoms with E-state index in [1.54, 1.807) is 0 Å². The van der Waals surface area contributed by atoms with Crippen molar-refractivity contribution in [1.82, 2.24) is 0 Å². The van der Waals surface area contributed by atoms with Crippen molar-refractivity contribution >= 4 is 5.97 Å². The van der Waals surface area contributed by atoms with E-state index < -0.39 is 5.97 Å². The normalized spacial score (nSPS) is 11.5. The Morgan fingerprint density at radius 1 is 1.11 bits per heavy atom. The minimum atomic E-state index is -0.794. The number of hydrogen-bond donors (Lipinski definition) is 1. The van der Waals surface area contributed by atoms with Gasteiger partial charge < -0.3 is 5.11 Å². The van der Waals surface area contributed by atoms with E-state index in [0.717, 1.165) is 18.4 Å². The second-order valence-corrected chi connectivity index (χ2v) is 4.90. The van der Waals surface area contributed by atoms with Gasteiger partial charge in [-0.1, -0.05) is 69.0 Å². The number of unbranched alkanes of at least 4 members (excludes halogenated alkanes) is 5. The first-order valence-electron chi connectivity index (χ1n) is 7.20. The van der Waals surface area contributed by atoms with Crippen molar-refractivity contribution < 1.29 is 9.90 Å². The molecule has 1 N–H and O–H groups in total. The molecule has 1 aromatic rings. The Balaban J connectivity index is 2.42. The molecule has 0 aliphatic carbocycles. The molecule has 2 nitrogen and oxygen atoms in total. The topological polar surface area (TPSA) is 37.3 Å². The Hall–Kier alpha value is -1.57. The highest BCUT2D eigenvalue weighted by molar-refractivity contribution is 5.87. The van der Waals surface area contributed by atoms with Crippen molar-refractivity contribution in [3.8, 4) is 0 Å². The third-order valence-electron chi connectivity index (χ3n) is 3.21. The quantitative estimate of drug-likeness (QED) is 0.520. The second kappa shape index (κ2) is 9.37. The first-order chi connectivity index (χ1) is 9.24. The molecule has 0 saturated carbocycles. The lowest BCUT2D eigenvalue weighted by molar-refractivity contribution is -0.132. The van der Waals surface area contributed by atoms with Gasteiger partial charge in [-0.15, -0.1) is 0 Å². The third-order valence-corrected chi connectivity index (χ3v) is 3.21. The van der Waals surface area contributed by atoms with E-state index in [9.17, 15) is 9.90 Å². The molecule has 104 valence electrons. The number of aliphatic carboxylic acids is 1. The van der Waals surface area contributed by atoms with Crippen molar-refractivity contribution in [1.29, 1.82) is 0 Å². The van der Waals surface area contributed by atoms with Gasteiger partial charge in [0, 0.05) is 12.0 Å². The summed E-state index contributed by atoms with van der Waals surface area (Å²) in [6, 6.07) is 9.77. The van der Waals surface area contributed by atoms with Crippen LogP contribution in [0.3, 0.4) is 0 Å². The van der Waals surface area contributed by atoms with Gasteiger partial charge in [0.1, 0.15) is 0 Å². The van der Waals surface area contributed by atoms with Crippen molar-refractivity contribution in [3.05, 3.63) is 47.5 Å². The summed E-state index contributed by atoms with van der Waals surface area (Å²) in [6.45, 7) is 2.20. The number of carbonyl (C=O) groups is 1. The number of allylic oxidation sites excluding steroid dienone is 1. The van der Waals surface area contributed by atoms with Crippen LogP contribution in [-0.2, 0) is 11.2 Å². The van der Waals surface area contributed by atoms with Crippen LogP contribution in [0.4, 0.5) is 0 Å². The molecule has 0 unspecified atom stereocenters. The van der Waals surface area contributed by atoms with E-state index in [4.69, 9.17) is 0 Å². The molecular weight excluding hydrogens is 236 g/mol. The largest absolute Gasteiger partial charge is 0.478 e. The molecule has 1 rings (SSSR count). The van der Waals surface area contributed by atoms with Gasteiger partial charge in [0.05, 0.1) is 0 Å². The van der Waals surface area contributed by atoms with Crippen molar-refractivity contribution in [3.63, 3.8) is 0 Å². The standard InChI is InChI=1S/C17H24O2/c1-2-3-4-5-6-10-13-16(17(18)19)14-15-11-8-7-9-12-15/h7-9,11-13H,2-6,10,14H2,1H3,(H,18,19)/b16-13+. The number of rotatable bonds is 9. The highest BCUT2D eigenvalue weighted by atomic mass is 16.4. The van der Waals surface area contributed by atoms with Gasteiger partial charge in [-0.3, -0.25) is 0 Å². The molecule has 0 aromatic heterocycles. The molecule has 0 fully saturated rings. The van der Waals surface area contributed by atoms with Crippen LogP contribution in [0.1, 0.15) is 51.0 Å². The predicted molar refractivity (Wildman–Crippen MR) is 79.2 cm³/mol. The summed E-state index contributed by atoms with van der Waals surface area (Å²) in [4.78, 5) is 11.2. The van der Waals surface area contributed by atoms with Gasteiger partial charge in [-0.05, 0) is 18.4 Å². The lowest BCUT2D eigenvalue weighted by atomic mass is 10.0. The summed E-state index contributed by atoms with van der Waals surface area (Å²) in [5.74, 6) is -0.794. The number of benzene rings is 1. The van der Waals surface area contributed by atoms with E-state index in [0.29, 0.717) is 12.0 Å². The number of carboxylic acids is 1. The zero-order valence-corrected chi connectivity index (χ0v) is 11.8. The van der Waals surface area contributed by atoms with E-state index in [1.165, 1.54) is 25.7 Å². The lowest BCUT2D eigenvalue weighted by Gasteiger charge is -2.03. The predicted octanol–water partition coefficient (Wildman–Crippen LogP) is 4.60. The average molecular weight is 260 g/mol. The fourth-order valence-corrected chi connectivity index (χ4v) is 2.08. The number of hydrogen-bond acceptors (Lipinski definition) is 1. The molecule has 0 heterocycles. The minimum absolute atomic E-state index is 0.515. The first kappa shape index (κ1) is 15.5. The molecule has 0 bridgehead atoms. The highest BCUT2D eigenvalue weighted by Gasteiger charge is 2.07. The Bertz CT molecular complexity index is 393. The zero-order chi connectivity index (χ0) is 13.9. The molecule has 0 spiro atoms. The van der Waals surface area contributed by atoms with Crippen LogP contribution < -0.4 is 0 Å². The lowest BCUT2D eigenvalue weighted by Crippen LogP contribution is -2.04. The summed E-state index contributed by atoms with van der Waals surface area (Å²) in [5, 5.41) is 9.21. The van der Waals surface area contributed by atoms with Gasteiger partial charge in [-0.25, -0.2) is 4.79 Å². The molecule has 19 heavy (non-hydrogen) atoms. The third kappa shape index (κ3) is 6.80. The van der Waals surface area contributed by atoms with E-state index >= 15 is 0 Å². The molecule has 0 atom stereocenters. The molecule has 0 amide bonds. The fraction of sp³-hybridized carbons (Fsp3) is 0.471. The van der Waals surface area contributed by atoms with Gasteiger partial charge in [-0.2, -0.15) is 0 Å². The van der Waals surface area contributed by atoms with Crippen LogP contribution in [0.25, 0.3) is 0 Å². The number of carboxylic acid groups (broad SMARTS) is 1. The SMILES string of the molecule is CCCCCCC/C=C(\Cc1ccccc1)C(=O)O. The Morgan fingerprint density at radius 2 is 1.79 bits per heavy atom.